The fraction of sp³-hybridized carbons (Fsp3) is 0.154. The third-order valence-corrected chi connectivity index (χ3v) is 2.91. The van der Waals surface area contributed by atoms with Crippen LogP contribution in [-0.2, 0) is 11.3 Å². The van der Waals surface area contributed by atoms with Crippen molar-refractivity contribution in [2.24, 2.45) is 0 Å². The number of ether oxygens (including phenoxy) is 1. The van der Waals surface area contributed by atoms with E-state index in [9.17, 15) is 14.9 Å². The Morgan fingerprint density at radius 2 is 2.19 bits per heavy atom. The van der Waals surface area contributed by atoms with E-state index in [2.05, 4.69) is 10.6 Å². The molecule has 1 aliphatic rings. The number of nitro groups is 1. The third kappa shape index (κ3) is 2.78. The minimum atomic E-state index is -0.588. The zero-order valence-electron chi connectivity index (χ0n) is 10.8. The number of anilines is 2. The van der Waals surface area contributed by atoms with E-state index in [-0.39, 0.29) is 18.4 Å². The molecular weight excluding hydrogens is 278 g/mol. The summed E-state index contributed by atoms with van der Waals surface area (Å²) in [5, 5.41) is 16.3. The first-order valence-electron chi connectivity index (χ1n) is 6.15. The molecule has 1 aliphatic heterocycles. The van der Waals surface area contributed by atoms with Gasteiger partial charge in [-0.3, -0.25) is 14.9 Å². The Balaban J connectivity index is 1.69. The Bertz CT molecular complexity index is 710. The lowest BCUT2D eigenvalue weighted by atomic mass is 10.2. The number of hydrogen-bond acceptors (Lipinski definition) is 6. The topological polar surface area (TPSA) is 107 Å². The molecule has 2 N–H and O–H groups in total. The van der Waals surface area contributed by atoms with E-state index in [1.54, 1.807) is 18.2 Å². The van der Waals surface area contributed by atoms with Crippen molar-refractivity contribution in [3.05, 3.63) is 46.2 Å². The van der Waals surface area contributed by atoms with Crippen molar-refractivity contribution >= 4 is 23.2 Å². The number of fused-ring (bicyclic) bond motifs is 1. The van der Waals surface area contributed by atoms with Crippen LogP contribution in [0, 0.1) is 10.1 Å². The van der Waals surface area contributed by atoms with Crippen LogP contribution in [0.15, 0.2) is 34.7 Å². The summed E-state index contributed by atoms with van der Waals surface area (Å²) in [5.41, 5.74) is 1.32. The van der Waals surface area contributed by atoms with E-state index >= 15 is 0 Å². The molecule has 0 atom stereocenters. The van der Waals surface area contributed by atoms with E-state index in [1.807, 2.05) is 0 Å². The minimum absolute atomic E-state index is 0.00976. The molecule has 1 aromatic carbocycles. The van der Waals surface area contributed by atoms with Crippen LogP contribution < -0.4 is 15.4 Å². The van der Waals surface area contributed by atoms with Crippen LogP contribution in [0.5, 0.6) is 5.75 Å². The van der Waals surface area contributed by atoms with Crippen LogP contribution in [0.1, 0.15) is 5.76 Å². The van der Waals surface area contributed by atoms with Crippen molar-refractivity contribution in [3.8, 4) is 5.75 Å². The van der Waals surface area contributed by atoms with Crippen molar-refractivity contribution in [2.45, 2.75) is 6.54 Å². The molecule has 0 aliphatic carbocycles. The molecule has 3 rings (SSSR count). The van der Waals surface area contributed by atoms with Gasteiger partial charge in [0, 0.05) is 5.69 Å². The van der Waals surface area contributed by atoms with Crippen molar-refractivity contribution in [3.63, 3.8) is 0 Å². The number of carbonyl (C=O) groups excluding carboxylic acids is 1. The van der Waals surface area contributed by atoms with E-state index in [0.717, 1.165) is 5.69 Å². The summed E-state index contributed by atoms with van der Waals surface area (Å²) >= 11 is 0. The van der Waals surface area contributed by atoms with Gasteiger partial charge < -0.3 is 19.8 Å². The molecule has 2 aromatic rings. The summed E-state index contributed by atoms with van der Waals surface area (Å²) in [7, 11) is 0. The highest BCUT2D eigenvalue weighted by Crippen LogP contribution is 2.30. The van der Waals surface area contributed by atoms with Crippen molar-refractivity contribution in [1.29, 1.82) is 0 Å². The number of furan rings is 1. The van der Waals surface area contributed by atoms with Crippen LogP contribution in [0.2, 0.25) is 0 Å². The number of rotatable bonds is 4. The Morgan fingerprint density at radius 3 is 2.95 bits per heavy atom. The smallest absolute Gasteiger partial charge is 0.433 e. The second-order valence-electron chi connectivity index (χ2n) is 4.40. The number of benzene rings is 1. The second kappa shape index (κ2) is 5.16. The Hall–Kier alpha value is -3.03. The first-order chi connectivity index (χ1) is 10.1. The van der Waals surface area contributed by atoms with Gasteiger partial charge in [-0.25, -0.2) is 0 Å². The van der Waals surface area contributed by atoms with Gasteiger partial charge in [-0.05, 0) is 24.3 Å². The molecular formula is C13H11N3O5. The molecule has 0 saturated carbocycles. The summed E-state index contributed by atoms with van der Waals surface area (Å²) in [6, 6.07) is 8.09. The summed E-state index contributed by atoms with van der Waals surface area (Å²) < 4.78 is 10.3. The average Bonchev–Trinajstić information content (AvgIpc) is 2.93. The minimum Gasteiger partial charge on any atom is -0.482 e. The summed E-state index contributed by atoms with van der Waals surface area (Å²) in [6.07, 6.45) is 0. The van der Waals surface area contributed by atoms with Crippen molar-refractivity contribution in [2.75, 3.05) is 17.2 Å². The highest BCUT2D eigenvalue weighted by Gasteiger charge is 2.16. The Kier molecular flexibility index (Phi) is 3.19. The Morgan fingerprint density at radius 1 is 1.33 bits per heavy atom. The predicted molar refractivity (Wildman–Crippen MR) is 73.3 cm³/mol. The standard InChI is InChI=1S/C13H11N3O5/c17-12-7-20-11-3-1-8(5-10(11)15-12)14-6-9-2-4-13(21-9)16(18)19/h1-5,14H,6-7H2,(H,15,17). The first kappa shape index (κ1) is 13.0. The molecule has 8 heteroatoms. The van der Waals surface area contributed by atoms with E-state index in [4.69, 9.17) is 9.15 Å². The molecule has 0 saturated heterocycles. The lowest BCUT2D eigenvalue weighted by Crippen LogP contribution is -2.25. The van der Waals surface area contributed by atoms with E-state index in [0.29, 0.717) is 23.7 Å². The molecule has 0 unspecified atom stereocenters. The average molecular weight is 289 g/mol. The monoisotopic (exact) mass is 289 g/mol. The number of amides is 1. The van der Waals surface area contributed by atoms with Gasteiger partial charge in [0.1, 0.15) is 16.4 Å². The first-order valence-corrected chi connectivity index (χ1v) is 6.15. The SMILES string of the molecule is O=C1COc2ccc(NCc3ccc([N+](=O)[O-])o3)cc2N1. The lowest BCUT2D eigenvalue weighted by molar-refractivity contribution is -0.402. The number of nitrogens with zero attached hydrogens (tertiary/aromatic N) is 1. The molecule has 1 aromatic heterocycles. The molecule has 21 heavy (non-hydrogen) atoms. The van der Waals surface area contributed by atoms with Crippen molar-refractivity contribution < 1.29 is 18.9 Å². The number of hydrogen-bond donors (Lipinski definition) is 2. The predicted octanol–water partition coefficient (Wildman–Crippen LogP) is 2.13. The molecule has 108 valence electrons. The Labute approximate surface area is 118 Å². The molecule has 2 heterocycles. The fourth-order valence-electron chi connectivity index (χ4n) is 1.94. The summed E-state index contributed by atoms with van der Waals surface area (Å²) in [5.74, 6) is 0.549. The maximum absolute atomic E-state index is 11.2. The third-order valence-electron chi connectivity index (χ3n) is 2.91. The van der Waals surface area contributed by atoms with Crippen LogP contribution in [0.25, 0.3) is 0 Å². The molecule has 0 fully saturated rings. The highest BCUT2D eigenvalue weighted by molar-refractivity contribution is 5.96. The lowest BCUT2D eigenvalue weighted by Gasteiger charge is -2.18. The molecule has 0 spiro atoms. The normalized spacial score (nSPS) is 13.0. The molecule has 0 radical (unpaired) electrons. The molecule has 8 nitrogen and oxygen atoms in total. The van der Waals surface area contributed by atoms with Gasteiger partial charge >= 0.3 is 5.88 Å². The van der Waals surface area contributed by atoms with Crippen LogP contribution in [0.4, 0.5) is 17.3 Å². The maximum Gasteiger partial charge on any atom is 0.433 e. The van der Waals surface area contributed by atoms with Crippen molar-refractivity contribution in [1.82, 2.24) is 0 Å². The van der Waals surface area contributed by atoms with E-state index in [1.165, 1.54) is 12.1 Å². The zero-order valence-corrected chi connectivity index (χ0v) is 10.8. The van der Waals surface area contributed by atoms with Gasteiger partial charge in [0.15, 0.2) is 6.61 Å². The highest BCUT2D eigenvalue weighted by atomic mass is 16.6. The van der Waals surface area contributed by atoms with Gasteiger partial charge in [-0.1, -0.05) is 0 Å². The second-order valence-corrected chi connectivity index (χ2v) is 4.40. The maximum atomic E-state index is 11.2. The number of nitrogens with one attached hydrogen (secondary N) is 2. The van der Waals surface area contributed by atoms with Gasteiger partial charge in [0.2, 0.25) is 0 Å². The summed E-state index contributed by atoms with van der Waals surface area (Å²) in [6.45, 7) is 0.303. The van der Waals surface area contributed by atoms with Gasteiger partial charge in [0.05, 0.1) is 18.3 Å². The molecule has 0 bridgehead atoms. The van der Waals surface area contributed by atoms with E-state index < -0.39 is 4.92 Å². The van der Waals surface area contributed by atoms with Gasteiger partial charge in [-0.2, -0.15) is 0 Å². The quantitative estimate of drug-likeness (QED) is 0.659. The summed E-state index contributed by atoms with van der Waals surface area (Å²) in [4.78, 5) is 21.2. The molecule has 1 amide bonds. The largest absolute Gasteiger partial charge is 0.482 e. The van der Waals surface area contributed by atoms with Crippen LogP contribution >= 0.6 is 0 Å². The number of carbonyl (C=O) groups is 1. The fourth-order valence-corrected chi connectivity index (χ4v) is 1.94. The van der Waals surface area contributed by atoms with Crippen LogP contribution in [0.3, 0.4) is 0 Å². The van der Waals surface area contributed by atoms with Gasteiger partial charge in [-0.15, -0.1) is 0 Å². The van der Waals surface area contributed by atoms with Gasteiger partial charge in [0.25, 0.3) is 5.91 Å². The van der Waals surface area contributed by atoms with Crippen LogP contribution in [-0.4, -0.2) is 17.4 Å². The zero-order chi connectivity index (χ0) is 14.8.